The number of hydrogen-bond donors (Lipinski definition) is 0. The van der Waals surface area contributed by atoms with Gasteiger partial charge in [0.1, 0.15) is 7.05 Å². The summed E-state index contributed by atoms with van der Waals surface area (Å²) in [4.78, 5) is 0. The summed E-state index contributed by atoms with van der Waals surface area (Å²) in [6.07, 6.45) is 3.24. The van der Waals surface area contributed by atoms with Crippen LogP contribution in [-0.2, 0) is 13.5 Å². The predicted octanol–water partition coefficient (Wildman–Crippen LogP) is 6.34. The maximum Gasteiger partial charge on any atom is 0.213 e. The molecule has 0 radical (unpaired) electrons. The summed E-state index contributed by atoms with van der Waals surface area (Å²) in [7, 11) is 2.16. The van der Waals surface area contributed by atoms with Crippen molar-refractivity contribution in [1.82, 2.24) is 0 Å². The highest BCUT2D eigenvalue weighted by Gasteiger charge is 2.27. The number of hydrogen-bond acceptors (Lipinski definition) is 0. The van der Waals surface area contributed by atoms with E-state index in [4.69, 9.17) is 0 Å². The molecule has 0 fully saturated rings. The van der Waals surface area contributed by atoms with E-state index in [0.717, 1.165) is 6.42 Å². The largest absolute Gasteiger partial charge is 0.213 e. The molecule has 1 aliphatic rings. The van der Waals surface area contributed by atoms with Crippen LogP contribution in [0, 0.1) is 20.8 Å². The lowest BCUT2D eigenvalue weighted by Gasteiger charge is -2.12. The minimum Gasteiger partial charge on any atom is -0.201 e. The Balaban J connectivity index is 1.67. The van der Waals surface area contributed by atoms with Gasteiger partial charge in [-0.25, -0.2) is 4.57 Å². The second kappa shape index (κ2) is 6.70. The minimum atomic E-state index is 0.995. The Kier molecular flexibility index (Phi) is 4.13. The van der Waals surface area contributed by atoms with Gasteiger partial charge in [-0.15, -0.1) is 0 Å². The van der Waals surface area contributed by atoms with Gasteiger partial charge in [0, 0.05) is 11.6 Å². The lowest BCUT2D eigenvalue weighted by atomic mass is 9.93. The summed E-state index contributed by atoms with van der Waals surface area (Å²) in [5.41, 5.74) is 15.0. The van der Waals surface area contributed by atoms with E-state index in [1.165, 1.54) is 61.3 Å². The third-order valence-corrected chi connectivity index (χ3v) is 6.39. The van der Waals surface area contributed by atoms with Crippen molar-refractivity contribution in [2.75, 3.05) is 0 Å². The van der Waals surface area contributed by atoms with Crippen molar-refractivity contribution in [3.05, 3.63) is 101 Å². The van der Waals surface area contributed by atoms with Crippen LogP contribution >= 0.6 is 0 Å². The van der Waals surface area contributed by atoms with Gasteiger partial charge in [0.25, 0.3) is 0 Å². The van der Waals surface area contributed by atoms with E-state index >= 15 is 0 Å². The van der Waals surface area contributed by atoms with Gasteiger partial charge in [-0.1, -0.05) is 60.7 Å². The molecular weight excluding hydrogens is 350 g/mol. The summed E-state index contributed by atoms with van der Waals surface area (Å²) in [6, 6.07) is 24.6. The predicted molar refractivity (Wildman–Crippen MR) is 121 cm³/mol. The van der Waals surface area contributed by atoms with Crippen LogP contribution in [0.4, 0.5) is 0 Å². The van der Waals surface area contributed by atoms with Gasteiger partial charge in [0.15, 0.2) is 6.20 Å². The third-order valence-electron chi connectivity index (χ3n) is 6.39. The van der Waals surface area contributed by atoms with Crippen molar-refractivity contribution in [2.24, 2.45) is 7.05 Å². The molecule has 1 aromatic heterocycles. The summed E-state index contributed by atoms with van der Waals surface area (Å²) in [5, 5.41) is 0. The van der Waals surface area contributed by atoms with Crippen LogP contribution in [-0.4, -0.2) is 0 Å². The molecule has 29 heavy (non-hydrogen) atoms. The Labute approximate surface area is 173 Å². The van der Waals surface area contributed by atoms with Crippen molar-refractivity contribution in [3.8, 4) is 33.5 Å². The highest BCUT2D eigenvalue weighted by molar-refractivity contribution is 5.86. The molecule has 0 aliphatic heterocycles. The average molecular weight is 377 g/mol. The van der Waals surface area contributed by atoms with E-state index in [9.17, 15) is 0 Å². The maximum atomic E-state index is 2.38. The van der Waals surface area contributed by atoms with Crippen molar-refractivity contribution in [2.45, 2.75) is 27.2 Å². The highest BCUT2D eigenvalue weighted by atomic mass is 14.9. The fourth-order valence-corrected chi connectivity index (χ4v) is 4.69. The first-order chi connectivity index (χ1) is 14.0. The molecule has 0 unspecified atom stereocenters. The number of aryl methyl sites for hydroxylation is 4. The number of benzene rings is 3. The fraction of sp³-hybridized carbons (Fsp3) is 0.179. The third kappa shape index (κ3) is 2.89. The zero-order chi connectivity index (χ0) is 20.1. The molecule has 1 nitrogen and oxygen atoms in total. The number of fused-ring (bicyclic) bond motifs is 3. The monoisotopic (exact) mass is 376 g/mol. The van der Waals surface area contributed by atoms with Gasteiger partial charge >= 0.3 is 0 Å². The standard InChI is InChI=1S/C28H26N/c1-18-10-12-25-24-13-11-22(21-8-6-5-7-9-21)15-23(24)16-26(25)28(18)27-14-19(2)20(3)17-29(27)4/h5-15,17H,16H2,1-4H3/q+1. The number of aromatic nitrogens is 1. The molecule has 0 spiro atoms. The van der Waals surface area contributed by atoms with Crippen LogP contribution in [0.1, 0.15) is 27.8 Å². The molecule has 0 amide bonds. The smallest absolute Gasteiger partial charge is 0.201 e. The molecule has 3 aromatic carbocycles. The minimum absolute atomic E-state index is 0.995. The Morgan fingerprint density at radius 1 is 0.690 bits per heavy atom. The van der Waals surface area contributed by atoms with Crippen LogP contribution in [0.2, 0.25) is 0 Å². The van der Waals surface area contributed by atoms with Crippen molar-refractivity contribution < 1.29 is 4.57 Å². The Bertz CT molecular complexity index is 1250. The Morgan fingerprint density at radius 2 is 1.45 bits per heavy atom. The second-order valence-electron chi connectivity index (χ2n) is 8.33. The van der Waals surface area contributed by atoms with Crippen LogP contribution < -0.4 is 4.57 Å². The first kappa shape index (κ1) is 17.9. The van der Waals surface area contributed by atoms with E-state index in [1.54, 1.807) is 0 Å². The molecule has 1 aliphatic carbocycles. The van der Waals surface area contributed by atoms with Gasteiger partial charge < -0.3 is 0 Å². The highest BCUT2D eigenvalue weighted by Crippen LogP contribution is 2.43. The van der Waals surface area contributed by atoms with E-state index < -0.39 is 0 Å². The van der Waals surface area contributed by atoms with Crippen molar-refractivity contribution >= 4 is 0 Å². The lowest BCUT2D eigenvalue weighted by Crippen LogP contribution is -2.32. The second-order valence-corrected chi connectivity index (χ2v) is 8.33. The van der Waals surface area contributed by atoms with E-state index in [2.05, 4.69) is 105 Å². The van der Waals surface area contributed by atoms with E-state index in [1.807, 2.05) is 0 Å². The summed E-state index contributed by atoms with van der Waals surface area (Å²) >= 11 is 0. The Morgan fingerprint density at radius 3 is 2.24 bits per heavy atom. The van der Waals surface area contributed by atoms with Gasteiger partial charge in [0.05, 0.1) is 5.56 Å². The first-order valence-electron chi connectivity index (χ1n) is 10.3. The van der Waals surface area contributed by atoms with Gasteiger partial charge in [-0.05, 0) is 71.7 Å². The molecule has 1 heterocycles. The molecule has 0 saturated carbocycles. The zero-order valence-electron chi connectivity index (χ0n) is 17.6. The summed E-state index contributed by atoms with van der Waals surface area (Å²) in [5.74, 6) is 0. The summed E-state index contributed by atoms with van der Waals surface area (Å²) < 4.78 is 2.28. The van der Waals surface area contributed by atoms with Crippen LogP contribution in [0.15, 0.2) is 72.9 Å². The number of pyridine rings is 1. The van der Waals surface area contributed by atoms with Crippen LogP contribution in [0.5, 0.6) is 0 Å². The van der Waals surface area contributed by atoms with Gasteiger partial charge in [0.2, 0.25) is 5.69 Å². The molecule has 0 N–H and O–H groups in total. The SMILES string of the molecule is Cc1cc(-c2c(C)ccc3c2Cc2cc(-c4ccccc4)ccc2-3)[n+](C)cc1C. The van der Waals surface area contributed by atoms with E-state index in [0.29, 0.717) is 0 Å². The molecule has 142 valence electrons. The van der Waals surface area contributed by atoms with Crippen molar-refractivity contribution in [3.63, 3.8) is 0 Å². The first-order valence-corrected chi connectivity index (χ1v) is 10.3. The van der Waals surface area contributed by atoms with Gasteiger partial charge in [-0.2, -0.15) is 0 Å². The van der Waals surface area contributed by atoms with Crippen LogP contribution in [0.3, 0.4) is 0 Å². The van der Waals surface area contributed by atoms with Gasteiger partial charge in [-0.3, -0.25) is 0 Å². The topological polar surface area (TPSA) is 3.88 Å². The average Bonchev–Trinajstić information content (AvgIpc) is 3.09. The Hall–Kier alpha value is -3.19. The molecule has 5 rings (SSSR count). The number of rotatable bonds is 2. The molecule has 0 atom stereocenters. The molecule has 0 saturated heterocycles. The summed E-state index contributed by atoms with van der Waals surface area (Å²) in [6.45, 7) is 6.63. The maximum absolute atomic E-state index is 2.38. The lowest BCUT2D eigenvalue weighted by molar-refractivity contribution is -0.660. The van der Waals surface area contributed by atoms with Crippen molar-refractivity contribution in [1.29, 1.82) is 0 Å². The molecule has 0 bridgehead atoms. The van der Waals surface area contributed by atoms with Crippen LogP contribution in [0.25, 0.3) is 33.5 Å². The van der Waals surface area contributed by atoms with E-state index in [-0.39, 0.29) is 0 Å². The normalized spacial score (nSPS) is 12.0. The molecule has 1 heteroatoms. The molecular formula is C28H26N+. The number of nitrogens with zero attached hydrogens (tertiary/aromatic N) is 1. The quantitative estimate of drug-likeness (QED) is 0.316. The zero-order valence-corrected chi connectivity index (χ0v) is 17.6. The fourth-order valence-electron chi connectivity index (χ4n) is 4.69. The molecule has 4 aromatic rings.